The van der Waals surface area contributed by atoms with Gasteiger partial charge in [-0.05, 0) is 45.2 Å². The molecule has 122 valence electrons. The van der Waals surface area contributed by atoms with Crippen molar-refractivity contribution in [2.24, 2.45) is 5.73 Å². The number of likely N-dealkylation sites (tertiary alicyclic amines) is 1. The van der Waals surface area contributed by atoms with Crippen LogP contribution in [0.5, 0.6) is 0 Å². The van der Waals surface area contributed by atoms with Crippen LogP contribution in [0.2, 0.25) is 5.02 Å². The Bertz CT molecular complexity index is 532. The van der Waals surface area contributed by atoms with Crippen LogP contribution in [0, 0.1) is 0 Å². The van der Waals surface area contributed by atoms with Crippen molar-refractivity contribution in [1.29, 1.82) is 0 Å². The SMILES string of the molecule is CC(C)(C)OC(=O)N1CCC(CN)(c2ccccc2Cl)CC1. The fourth-order valence-corrected chi connectivity index (χ4v) is 3.25. The molecule has 0 aromatic heterocycles. The Labute approximate surface area is 137 Å². The maximum absolute atomic E-state index is 12.2. The van der Waals surface area contributed by atoms with Gasteiger partial charge in [-0.25, -0.2) is 4.79 Å². The molecule has 0 saturated carbocycles. The summed E-state index contributed by atoms with van der Waals surface area (Å²) in [5.41, 5.74) is 6.53. The number of carbonyl (C=O) groups excluding carboxylic acids is 1. The molecule has 1 aromatic rings. The topological polar surface area (TPSA) is 55.6 Å². The van der Waals surface area contributed by atoms with E-state index >= 15 is 0 Å². The molecule has 0 aliphatic carbocycles. The van der Waals surface area contributed by atoms with E-state index in [4.69, 9.17) is 22.1 Å². The van der Waals surface area contributed by atoms with Crippen LogP contribution >= 0.6 is 11.6 Å². The predicted octanol–water partition coefficient (Wildman–Crippen LogP) is 3.57. The number of benzene rings is 1. The van der Waals surface area contributed by atoms with E-state index in [0.717, 1.165) is 23.4 Å². The number of nitrogens with zero attached hydrogens (tertiary/aromatic N) is 1. The number of piperidine rings is 1. The molecule has 1 saturated heterocycles. The molecule has 22 heavy (non-hydrogen) atoms. The first-order valence-corrected chi connectivity index (χ1v) is 8.08. The number of hydrogen-bond acceptors (Lipinski definition) is 3. The fourth-order valence-electron chi connectivity index (χ4n) is 2.92. The highest BCUT2D eigenvalue weighted by atomic mass is 35.5. The molecule has 0 atom stereocenters. The Morgan fingerprint density at radius 2 is 1.91 bits per heavy atom. The normalized spacial score (nSPS) is 18.1. The van der Waals surface area contributed by atoms with Crippen molar-refractivity contribution in [3.8, 4) is 0 Å². The van der Waals surface area contributed by atoms with E-state index in [2.05, 4.69) is 0 Å². The lowest BCUT2D eigenvalue weighted by molar-refractivity contribution is 0.0167. The summed E-state index contributed by atoms with van der Waals surface area (Å²) < 4.78 is 5.44. The first-order chi connectivity index (χ1) is 10.3. The molecule has 0 bridgehead atoms. The van der Waals surface area contributed by atoms with Crippen molar-refractivity contribution < 1.29 is 9.53 Å². The van der Waals surface area contributed by atoms with Gasteiger partial charge in [0.1, 0.15) is 5.60 Å². The molecule has 0 spiro atoms. The summed E-state index contributed by atoms with van der Waals surface area (Å²) in [6.07, 6.45) is 1.34. The fraction of sp³-hybridized carbons (Fsp3) is 0.588. The average Bonchev–Trinajstić information content (AvgIpc) is 2.46. The number of amides is 1. The summed E-state index contributed by atoms with van der Waals surface area (Å²) in [5.74, 6) is 0. The zero-order chi connectivity index (χ0) is 16.4. The van der Waals surface area contributed by atoms with E-state index < -0.39 is 5.60 Å². The van der Waals surface area contributed by atoms with Gasteiger partial charge in [0.2, 0.25) is 0 Å². The lowest BCUT2D eigenvalue weighted by Crippen LogP contribution is -2.49. The molecule has 2 N–H and O–H groups in total. The van der Waals surface area contributed by atoms with Crippen molar-refractivity contribution in [2.75, 3.05) is 19.6 Å². The van der Waals surface area contributed by atoms with Gasteiger partial charge in [0.15, 0.2) is 0 Å². The second-order valence-electron chi connectivity index (χ2n) is 6.93. The van der Waals surface area contributed by atoms with Crippen LogP contribution in [0.1, 0.15) is 39.2 Å². The van der Waals surface area contributed by atoms with Gasteiger partial charge in [0.05, 0.1) is 0 Å². The van der Waals surface area contributed by atoms with E-state index in [1.54, 1.807) is 4.90 Å². The molecular formula is C17H25ClN2O2. The minimum atomic E-state index is -0.470. The van der Waals surface area contributed by atoms with Crippen LogP contribution in [0.15, 0.2) is 24.3 Å². The van der Waals surface area contributed by atoms with Gasteiger partial charge in [-0.3, -0.25) is 0 Å². The number of halogens is 1. The maximum atomic E-state index is 12.2. The van der Waals surface area contributed by atoms with Crippen LogP contribution in [0.25, 0.3) is 0 Å². The Kier molecular flexibility index (Phi) is 5.03. The Morgan fingerprint density at radius 3 is 2.41 bits per heavy atom. The van der Waals surface area contributed by atoms with Gasteiger partial charge in [0.25, 0.3) is 0 Å². The quantitative estimate of drug-likeness (QED) is 0.904. The Hall–Kier alpha value is -1.26. The molecule has 0 unspecified atom stereocenters. The van der Waals surface area contributed by atoms with Crippen molar-refractivity contribution in [1.82, 2.24) is 4.90 Å². The predicted molar refractivity (Wildman–Crippen MR) is 89.2 cm³/mol. The number of nitrogens with two attached hydrogens (primary N) is 1. The van der Waals surface area contributed by atoms with Crippen LogP contribution in [-0.4, -0.2) is 36.2 Å². The van der Waals surface area contributed by atoms with Gasteiger partial charge < -0.3 is 15.4 Å². The first-order valence-electron chi connectivity index (χ1n) is 7.70. The van der Waals surface area contributed by atoms with Gasteiger partial charge in [-0.2, -0.15) is 0 Å². The highest BCUT2D eigenvalue weighted by Crippen LogP contribution is 2.38. The van der Waals surface area contributed by atoms with Crippen molar-refractivity contribution in [3.05, 3.63) is 34.9 Å². The molecule has 1 aliphatic rings. The van der Waals surface area contributed by atoms with Crippen molar-refractivity contribution in [2.45, 2.75) is 44.6 Å². The summed E-state index contributed by atoms with van der Waals surface area (Å²) in [5, 5.41) is 0.749. The van der Waals surface area contributed by atoms with E-state index in [9.17, 15) is 4.79 Å². The first kappa shape index (κ1) is 17.1. The highest BCUT2D eigenvalue weighted by molar-refractivity contribution is 6.31. The Balaban J connectivity index is 2.09. The third-order valence-corrected chi connectivity index (χ3v) is 4.54. The molecule has 2 rings (SSSR count). The molecule has 4 nitrogen and oxygen atoms in total. The molecule has 0 radical (unpaired) electrons. The van der Waals surface area contributed by atoms with Gasteiger partial charge in [0, 0.05) is 30.1 Å². The number of carbonyl (C=O) groups is 1. The number of rotatable bonds is 2. The number of ether oxygens (including phenoxy) is 1. The van der Waals surface area contributed by atoms with Gasteiger partial charge >= 0.3 is 6.09 Å². The zero-order valence-electron chi connectivity index (χ0n) is 13.6. The summed E-state index contributed by atoms with van der Waals surface area (Å²) >= 11 is 6.35. The lowest BCUT2D eigenvalue weighted by Gasteiger charge is -2.42. The minimum Gasteiger partial charge on any atom is -0.444 e. The monoisotopic (exact) mass is 324 g/mol. The smallest absolute Gasteiger partial charge is 0.410 e. The zero-order valence-corrected chi connectivity index (χ0v) is 14.3. The molecule has 5 heteroatoms. The summed E-state index contributed by atoms with van der Waals surface area (Å²) in [4.78, 5) is 13.9. The molecular weight excluding hydrogens is 300 g/mol. The highest BCUT2D eigenvalue weighted by Gasteiger charge is 2.38. The second-order valence-corrected chi connectivity index (χ2v) is 7.34. The van der Waals surface area contributed by atoms with Crippen LogP contribution < -0.4 is 5.73 Å². The number of hydrogen-bond donors (Lipinski definition) is 1. The largest absolute Gasteiger partial charge is 0.444 e. The van der Waals surface area contributed by atoms with E-state index in [1.807, 2.05) is 45.0 Å². The van der Waals surface area contributed by atoms with Crippen molar-refractivity contribution in [3.63, 3.8) is 0 Å². The third kappa shape index (κ3) is 3.73. The van der Waals surface area contributed by atoms with E-state index in [0.29, 0.717) is 19.6 Å². The lowest BCUT2D eigenvalue weighted by atomic mass is 9.73. The van der Waals surface area contributed by atoms with Crippen LogP contribution in [0.3, 0.4) is 0 Å². The minimum absolute atomic E-state index is 0.156. The second kappa shape index (κ2) is 6.47. The van der Waals surface area contributed by atoms with Crippen LogP contribution in [-0.2, 0) is 10.2 Å². The molecule has 1 heterocycles. The standard InChI is InChI=1S/C17H25ClN2O2/c1-16(2,3)22-15(21)20-10-8-17(12-19,9-11-20)13-6-4-5-7-14(13)18/h4-7H,8-12,19H2,1-3H3. The third-order valence-electron chi connectivity index (χ3n) is 4.21. The summed E-state index contributed by atoms with van der Waals surface area (Å²) in [7, 11) is 0. The summed E-state index contributed by atoms with van der Waals surface area (Å²) in [6, 6.07) is 7.84. The van der Waals surface area contributed by atoms with Gasteiger partial charge in [-0.15, -0.1) is 0 Å². The van der Waals surface area contributed by atoms with Crippen molar-refractivity contribution >= 4 is 17.7 Å². The maximum Gasteiger partial charge on any atom is 0.410 e. The van der Waals surface area contributed by atoms with E-state index in [-0.39, 0.29) is 11.5 Å². The molecule has 1 aromatic carbocycles. The molecule has 1 aliphatic heterocycles. The molecule has 1 fully saturated rings. The van der Waals surface area contributed by atoms with Crippen LogP contribution in [0.4, 0.5) is 4.79 Å². The average molecular weight is 325 g/mol. The Morgan fingerprint density at radius 1 is 1.32 bits per heavy atom. The molecule has 1 amide bonds. The summed E-state index contributed by atoms with van der Waals surface area (Å²) in [6.45, 7) is 7.43. The van der Waals surface area contributed by atoms with Gasteiger partial charge in [-0.1, -0.05) is 29.8 Å². The van der Waals surface area contributed by atoms with E-state index in [1.165, 1.54) is 0 Å².